The molecule has 0 aromatic carbocycles. The van der Waals surface area contributed by atoms with Gasteiger partial charge in [0, 0.05) is 12.6 Å². The maximum Gasteiger partial charge on any atom is 0.318 e. The Morgan fingerprint density at radius 2 is 2.35 bits per heavy atom. The molecule has 1 N–H and O–H groups in total. The summed E-state index contributed by atoms with van der Waals surface area (Å²) < 4.78 is 10.1. The van der Waals surface area contributed by atoms with Crippen LogP contribution >= 0.6 is 0 Å². The first kappa shape index (κ1) is 14.1. The number of carbonyl (C=O) groups excluding carboxylic acids is 1. The monoisotopic (exact) mass is 278 g/mol. The fraction of sp³-hybridized carbons (Fsp3) is 0.462. The van der Waals surface area contributed by atoms with Crippen LogP contribution in [0.3, 0.4) is 0 Å². The minimum atomic E-state index is -0.282. The molecule has 0 radical (unpaired) electrons. The van der Waals surface area contributed by atoms with Gasteiger partial charge in [0.2, 0.25) is 5.89 Å². The third-order valence-electron chi connectivity index (χ3n) is 2.89. The third kappa shape index (κ3) is 3.37. The van der Waals surface area contributed by atoms with Crippen LogP contribution in [0, 0.1) is 6.92 Å². The number of hydrogen-bond acceptors (Lipinski definition) is 5. The molecule has 0 bridgehead atoms. The number of hydrogen-bond donors (Lipinski definition) is 1. The van der Waals surface area contributed by atoms with Gasteiger partial charge in [-0.1, -0.05) is 12.1 Å². The number of nitrogens with one attached hydrogen (secondary N) is 1. The average molecular weight is 278 g/mol. The van der Waals surface area contributed by atoms with E-state index in [1.807, 2.05) is 13.0 Å². The second-order valence-corrected chi connectivity index (χ2v) is 4.58. The predicted octanol–water partition coefficient (Wildman–Crippen LogP) is 2.26. The van der Waals surface area contributed by atoms with Crippen LogP contribution in [0.2, 0.25) is 0 Å². The van der Waals surface area contributed by atoms with Crippen molar-refractivity contribution >= 4 is 6.03 Å². The lowest BCUT2D eigenvalue weighted by Crippen LogP contribution is -2.38. The van der Waals surface area contributed by atoms with E-state index in [1.54, 1.807) is 31.4 Å². The number of rotatable bonds is 5. The van der Waals surface area contributed by atoms with Crippen LogP contribution in [0.4, 0.5) is 4.79 Å². The summed E-state index contributed by atoms with van der Waals surface area (Å²) in [6, 6.07) is 1.34. The number of carbonyl (C=O) groups is 1. The zero-order chi connectivity index (χ0) is 14.5. The molecule has 0 aliphatic heterocycles. The van der Waals surface area contributed by atoms with E-state index in [-0.39, 0.29) is 12.1 Å². The molecule has 7 heteroatoms. The van der Waals surface area contributed by atoms with Gasteiger partial charge in [-0.25, -0.2) is 4.79 Å². The average Bonchev–Trinajstić information content (AvgIpc) is 3.07. The fourth-order valence-electron chi connectivity index (χ4n) is 1.78. The summed E-state index contributed by atoms with van der Waals surface area (Å²) in [5, 5.41) is 6.60. The Hall–Kier alpha value is -2.31. The highest BCUT2D eigenvalue weighted by atomic mass is 16.5. The van der Waals surface area contributed by atoms with E-state index in [0.29, 0.717) is 24.7 Å². The molecule has 0 aliphatic carbocycles. The molecule has 2 amide bonds. The van der Waals surface area contributed by atoms with Gasteiger partial charge in [0.25, 0.3) is 0 Å². The molecule has 108 valence electrons. The summed E-state index contributed by atoms with van der Waals surface area (Å²) in [6.45, 7) is 4.16. The van der Waals surface area contributed by atoms with Crippen molar-refractivity contribution in [3.63, 3.8) is 0 Å². The van der Waals surface area contributed by atoms with Gasteiger partial charge in [-0.05, 0) is 19.4 Å². The van der Waals surface area contributed by atoms with Crippen molar-refractivity contribution in [1.82, 2.24) is 20.4 Å². The largest absolute Gasteiger partial charge is 0.472 e. The highest BCUT2D eigenvalue weighted by molar-refractivity contribution is 5.74. The topological polar surface area (TPSA) is 84.4 Å². The van der Waals surface area contributed by atoms with Crippen LogP contribution in [0.1, 0.15) is 36.7 Å². The van der Waals surface area contributed by atoms with E-state index >= 15 is 0 Å². The smallest absolute Gasteiger partial charge is 0.318 e. The molecule has 2 aromatic heterocycles. The Kier molecular flexibility index (Phi) is 4.39. The van der Waals surface area contributed by atoms with Crippen molar-refractivity contribution in [2.24, 2.45) is 0 Å². The van der Waals surface area contributed by atoms with Crippen LogP contribution in [-0.2, 0) is 6.54 Å². The van der Waals surface area contributed by atoms with E-state index in [1.165, 1.54) is 0 Å². The summed E-state index contributed by atoms with van der Waals surface area (Å²) in [5.41, 5.74) is 0.935. The highest BCUT2D eigenvalue weighted by Crippen LogP contribution is 2.15. The maximum absolute atomic E-state index is 12.1. The van der Waals surface area contributed by atoms with Crippen LogP contribution in [0.25, 0.3) is 0 Å². The number of aryl methyl sites for hydroxylation is 1. The number of amides is 2. The molecule has 7 nitrogen and oxygen atoms in total. The van der Waals surface area contributed by atoms with Crippen molar-refractivity contribution in [3.8, 4) is 0 Å². The van der Waals surface area contributed by atoms with E-state index in [0.717, 1.165) is 5.56 Å². The van der Waals surface area contributed by atoms with Gasteiger partial charge in [-0.15, -0.1) is 0 Å². The number of urea groups is 1. The van der Waals surface area contributed by atoms with Crippen LogP contribution in [0.5, 0.6) is 0 Å². The molecule has 0 fully saturated rings. The Morgan fingerprint density at radius 1 is 1.55 bits per heavy atom. The molecule has 0 spiro atoms. The second-order valence-electron chi connectivity index (χ2n) is 4.58. The summed E-state index contributed by atoms with van der Waals surface area (Å²) in [7, 11) is 1.72. The first-order valence-corrected chi connectivity index (χ1v) is 6.43. The standard InChI is InChI=1S/C13H18N4O3/c1-4-11(12-14-9(2)16-20-12)15-13(18)17(3)7-10-5-6-19-8-10/h5-6,8,11H,4,7H2,1-3H3,(H,15,18)/t11-/m0/s1. The summed E-state index contributed by atoms with van der Waals surface area (Å²) in [4.78, 5) is 17.8. The van der Waals surface area contributed by atoms with Crippen molar-refractivity contribution < 1.29 is 13.7 Å². The fourth-order valence-corrected chi connectivity index (χ4v) is 1.78. The first-order valence-electron chi connectivity index (χ1n) is 6.43. The van der Waals surface area contributed by atoms with Crippen molar-refractivity contribution in [2.75, 3.05) is 7.05 Å². The van der Waals surface area contributed by atoms with Crippen molar-refractivity contribution in [3.05, 3.63) is 35.9 Å². The molecule has 2 aromatic rings. The van der Waals surface area contributed by atoms with Gasteiger partial charge in [0.1, 0.15) is 6.04 Å². The van der Waals surface area contributed by atoms with E-state index in [4.69, 9.17) is 8.94 Å². The molecule has 20 heavy (non-hydrogen) atoms. The Labute approximate surface area is 116 Å². The number of furan rings is 1. The number of nitrogens with zero attached hydrogens (tertiary/aromatic N) is 3. The van der Waals surface area contributed by atoms with Crippen LogP contribution in [0.15, 0.2) is 27.5 Å². The number of aromatic nitrogens is 2. The zero-order valence-corrected chi connectivity index (χ0v) is 11.8. The SMILES string of the molecule is CC[C@H](NC(=O)N(C)Cc1ccoc1)c1nc(C)no1. The lowest BCUT2D eigenvalue weighted by molar-refractivity contribution is 0.198. The Bertz CT molecular complexity index is 550. The Balaban J connectivity index is 1.95. The molecular formula is C13H18N4O3. The summed E-state index contributed by atoms with van der Waals surface area (Å²) in [5.74, 6) is 0.981. The van der Waals surface area contributed by atoms with Crippen molar-refractivity contribution in [2.45, 2.75) is 32.9 Å². The maximum atomic E-state index is 12.1. The second kappa shape index (κ2) is 6.23. The van der Waals surface area contributed by atoms with E-state index < -0.39 is 0 Å². The molecule has 1 atom stereocenters. The highest BCUT2D eigenvalue weighted by Gasteiger charge is 2.20. The van der Waals surface area contributed by atoms with E-state index in [9.17, 15) is 4.79 Å². The molecule has 0 saturated heterocycles. The lowest BCUT2D eigenvalue weighted by Gasteiger charge is -2.20. The molecule has 0 saturated carbocycles. The van der Waals surface area contributed by atoms with Gasteiger partial charge in [-0.3, -0.25) is 0 Å². The molecule has 2 heterocycles. The summed E-state index contributed by atoms with van der Waals surface area (Å²) >= 11 is 0. The predicted molar refractivity (Wildman–Crippen MR) is 70.8 cm³/mol. The van der Waals surface area contributed by atoms with Gasteiger partial charge in [0.15, 0.2) is 5.82 Å². The normalized spacial score (nSPS) is 12.2. The third-order valence-corrected chi connectivity index (χ3v) is 2.89. The van der Waals surface area contributed by atoms with Gasteiger partial charge < -0.3 is 19.2 Å². The Morgan fingerprint density at radius 3 is 2.90 bits per heavy atom. The first-order chi connectivity index (χ1) is 9.60. The molecule has 0 unspecified atom stereocenters. The van der Waals surface area contributed by atoms with Gasteiger partial charge in [-0.2, -0.15) is 4.98 Å². The quantitative estimate of drug-likeness (QED) is 0.906. The van der Waals surface area contributed by atoms with E-state index in [2.05, 4.69) is 15.5 Å². The zero-order valence-electron chi connectivity index (χ0n) is 11.8. The molecular weight excluding hydrogens is 260 g/mol. The van der Waals surface area contributed by atoms with Crippen LogP contribution in [-0.4, -0.2) is 28.1 Å². The summed E-state index contributed by atoms with van der Waals surface area (Å²) in [6.07, 6.45) is 3.87. The minimum absolute atomic E-state index is 0.200. The van der Waals surface area contributed by atoms with Crippen LogP contribution < -0.4 is 5.32 Å². The molecule has 0 aliphatic rings. The molecule has 2 rings (SSSR count). The van der Waals surface area contributed by atoms with Gasteiger partial charge >= 0.3 is 6.03 Å². The lowest BCUT2D eigenvalue weighted by atomic mass is 10.2. The minimum Gasteiger partial charge on any atom is -0.472 e. The van der Waals surface area contributed by atoms with Gasteiger partial charge in [0.05, 0.1) is 19.1 Å². The van der Waals surface area contributed by atoms with Crippen molar-refractivity contribution in [1.29, 1.82) is 0 Å².